The average Bonchev–Trinajstić information content (AvgIpc) is 3.03. The van der Waals surface area contributed by atoms with Crippen molar-refractivity contribution in [3.8, 4) is 11.5 Å². The number of aromatic hydroxyl groups is 1. The van der Waals surface area contributed by atoms with E-state index < -0.39 is 17.7 Å². The zero-order valence-corrected chi connectivity index (χ0v) is 19.2. The molecular formula is C25H19Cl2NO5. The number of benzene rings is 3. The van der Waals surface area contributed by atoms with Crippen molar-refractivity contribution in [3.63, 3.8) is 0 Å². The number of aryl methyl sites for hydroxylation is 1. The second kappa shape index (κ2) is 8.81. The second-order valence-electron chi connectivity index (χ2n) is 7.59. The highest BCUT2D eigenvalue weighted by Crippen LogP contribution is 2.44. The van der Waals surface area contributed by atoms with Gasteiger partial charge in [0.1, 0.15) is 17.3 Å². The van der Waals surface area contributed by atoms with Gasteiger partial charge in [-0.2, -0.15) is 0 Å². The quantitative estimate of drug-likeness (QED) is 0.284. The number of amides is 1. The number of carbonyl (C=O) groups excluding carboxylic acids is 2. The van der Waals surface area contributed by atoms with E-state index in [1.54, 1.807) is 30.3 Å². The third-order valence-corrected chi connectivity index (χ3v) is 5.83. The lowest BCUT2D eigenvalue weighted by atomic mass is 9.94. The largest absolute Gasteiger partial charge is 0.508 e. The summed E-state index contributed by atoms with van der Waals surface area (Å²) in [5.74, 6) is -1.73. The number of ether oxygens (including phenoxy) is 1. The number of aliphatic hydroxyl groups excluding tert-OH is 1. The number of rotatable bonds is 4. The van der Waals surface area contributed by atoms with E-state index in [2.05, 4.69) is 0 Å². The predicted octanol–water partition coefficient (Wildman–Crippen LogP) is 5.64. The molecule has 0 aliphatic carbocycles. The monoisotopic (exact) mass is 483 g/mol. The Morgan fingerprint density at radius 3 is 2.21 bits per heavy atom. The lowest BCUT2D eigenvalue weighted by Gasteiger charge is -2.26. The first-order valence-electron chi connectivity index (χ1n) is 9.92. The molecule has 33 heavy (non-hydrogen) atoms. The Morgan fingerprint density at radius 1 is 0.970 bits per heavy atom. The van der Waals surface area contributed by atoms with Gasteiger partial charge in [0.05, 0.1) is 24.3 Å². The number of hydrogen-bond acceptors (Lipinski definition) is 5. The molecule has 1 aliphatic rings. The van der Waals surface area contributed by atoms with Crippen LogP contribution in [0.5, 0.6) is 11.5 Å². The van der Waals surface area contributed by atoms with E-state index in [1.807, 2.05) is 6.92 Å². The Kier molecular flexibility index (Phi) is 6.06. The molecule has 0 spiro atoms. The summed E-state index contributed by atoms with van der Waals surface area (Å²) in [6.45, 7) is 1.83. The van der Waals surface area contributed by atoms with Crippen LogP contribution < -0.4 is 9.64 Å². The number of Topliss-reactive ketones (excluding diaryl/α,β-unsaturated/α-hetero) is 1. The Hall–Kier alpha value is -3.48. The SMILES string of the molecule is COc1ccc(C)cc1/C(O)=C1\C(=O)C(=O)N(c2cc(Cl)cc(Cl)c2)C1c1ccc(O)cc1. The molecule has 8 heteroatoms. The fraction of sp³-hybridized carbons (Fsp3) is 0.120. The minimum atomic E-state index is -0.995. The minimum Gasteiger partial charge on any atom is -0.508 e. The average molecular weight is 484 g/mol. The number of hydrogen-bond donors (Lipinski definition) is 2. The number of phenolic OH excluding ortho intramolecular Hbond substituents is 1. The molecule has 3 aromatic carbocycles. The lowest BCUT2D eigenvalue weighted by Crippen LogP contribution is -2.29. The van der Waals surface area contributed by atoms with Gasteiger partial charge in [0.2, 0.25) is 0 Å². The van der Waals surface area contributed by atoms with Gasteiger partial charge in [-0.05, 0) is 55.0 Å². The summed E-state index contributed by atoms with van der Waals surface area (Å²) in [5.41, 5.74) is 1.78. The molecule has 1 fully saturated rings. The smallest absolute Gasteiger partial charge is 0.300 e. The first-order chi connectivity index (χ1) is 15.7. The maximum absolute atomic E-state index is 13.2. The summed E-state index contributed by atoms with van der Waals surface area (Å²) in [5, 5.41) is 21.6. The molecule has 0 bridgehead atoms. The third kappa shape index (κ3) is 4.15. The molecule has 1 atom stereocenters. The molecule has 0 radical (unpaired) electrons. The Bertz CT molecular complexity index is 1280. The number of carbonyl (C=O) groups is 2. The molecule has 0 aromatic heterocycles. The molecule has 1 saturated heterocycles. The Morgan fingerprint density at radius 2 is 1.61 bits per heavy atom. The maximum atomic E-state index is 13.2. The van der Waals surface area contributed by atoms with Gasteiger partial charge in [-0.25, -0.2) is 0 Å². The summed E-state index contributed by atoms with van der Waals surface area (Å²) >= 11 is 12.3. The predicted molar refractivity (Wildman–Crippen MR) is 127 cm³/mol. The summed E-state index contributed by atoms with van der Waals surface area (Å²) < 4.78 is 5.37. The van der Waals surface area contributed by atoms with Crippen molar-refractivity contribution in [3.05, 3.63) is 93.0 Å². The van der Waals surface area contributed by atoms with Gasteiger partial charge in [-0.3, -0.25) is 14.5 Å². The molecule has 2 N–H and O–H groups in total. The van der Waals surface area contributed by atoms with Crippen molar-refractivity contribution >= 4 is 46.3 Å². The first kappa shape index (κ1) is 22.7. The van der Waals surface area contributed by atoms with Crippen LogP contribution in [0.25, 0.3) is 5.76 Å². The normalized spacial score (nSPS) is 17.5. The van der Waals surface area contributed by atoms with E-state index in [1.165, 1.54) is 42.3 Å². The molecule has 1 aliphatic heterocycles. The van der Waals surface area contributed by atoms with Crippen LogP contribution in [0.2, 0.25) is 10.0 Å². The second-order valence-corrected chi connectivity index (χ2v) is 8.46. The van der Waals surface area contributed by atoms with E-state index in [4.69, 9.17) is 27.9 Å². The van der Waals surface area contributed by atoms with Crippen LogP contribution in [0.1, 0.15) is 22.7 Å². The van der Waals surface area contributed by atoms with Gasteiger partial charge in [0.25, 0.3) is 11.7 Å². The fourth-order valence-corrected chi connectivity index (χ4v) is 4.42. The van der Waals surface area contributed by atoms with Crippen molar-refractivity contribution in [2.75, 3.05) is 12.0 Å². The standard InChI is InChI=1S/C25H19Cl2NO5/c1-13-3-8-20(33-2)19(9-13)23(30)21-22(14-4-6-18(29)7-5-14)28(25(32)24(21)31)17-11-15(26)10-16(27)12-17/h3-12,22,29-30H,1-2H3/b23-21+. The number of phenols is 1. The van der Waals surface area contributed by atoms with Crippen LogP contribution in [0, 0.1) is 6.92 Å². The number of methoxy groups -OCH3 is 1. The van der Waals surface area contributed by atoms with Gasteiger partial charge < -0.3 is 14.9 Å². The molecule has 4 rings (SSSR count). The Labute approximate surface area is 200 Å². The van der Waals surface area contributed by atoms with Crippen molar-refractivity contribution in [2.45, 2.75) is 13.0 Å². The zero-order valence-electron chi connectivity index (χ0n) is 17.7. The molecule has 168 valence electrons. The molecule has 6 nitrogen and oxygen atoms in total. The van der Waals surface area contributed by atoms with E-state index in [-0.39, 0.29) is 32.7 Å². The molecule has 3 aromatic rings. The summed E-state index contributed by atoms with van der Waals surface area (Å²) in [4.78, 5) is 27.7. The number of aliphatic hydroxyl groups is 1. The topological polar surface area (TPSA) is 87.1 Å². The van der Waals surface area contributed by atoms with E-state index in [0.717, 1.165) is 5.56 Å². The lowest BCUT2D eigenvalue weighted by molar-refractivity contribution is -0.132. The van der Waals surface area contributed by atoms with Gasteiger partial charge in [-0.15, -0.1) is 0 Å². The van der Waals surface area contributed by atoms with Gasteiger partial charge >= 0.3 is 0 Å². The minimum absolute atomic E-state index is 0.0156. The highest BCUT2D eigenvalue weighted by molar-refractivity contribution is 6.52. The van der Waals surface area contributed by atoms with Crippen LogP contribution in [0.15, 0.2) is 66.2 Å². The summed E-state index contributed by atoms with van der Waals surface area (Å²) in [7, 11) is 1.45. The van der Waals surface area contributed by atoms with E-state index >= 15 is 0 Å². The Balaban J connectivity index is 2.00. The van der Waals surface area contributed by atoms with Crippen LogP contribution in [0.4, 0.5) is 5.69 Å². The van der Waals surface area contributed by atoms with E-state index in [9.17, 15) is 19.8 Å². The fourth-order valence-electron chi connectivity index (χ4n) is 3.90. The van der Waals surface area contributed by atoms with Gasteiger partial charge in [-0.1, -0.05) is 47.0 Å². The van der Waals surface area contributed by atoms with Gasteiger partial charge in [0.15, 0.2) is 0 Å². The van der Waals surface area contributed by atoms with Crippen molar-refractivity contribution in [2.24, 2.45) is 0 Å². The van der Waals surface area contributed by atoms with Crippen LogP contribution in [-0.4, -0.2) is 29.0 Å². The zero-order chi connectivity index (χ0) is 23.9. The number of ketones is 1. The van der Waals surface area contributed by atoms with Crippen LogP contribution >= 0.6 is 23.2 Å². The van der Waals surface area contributed by atoms with Crippen molar-refractivity contribution in [1.29, 1.82) is 0 Å². The first-order valence-corrected chi connectivity index (χ1v) is 10.7. The van der Waals surface area contributed by atoms with Crippen LogP contribution in [-0.2, 0) is 9.59 Å². The van der Waals surface area contributed by atoms with Crippen LogP contribution in [0.3, 0.4) is 0 Å². The molecular weight excluding hydrogens is 465 g/mol. The number of nitrogens with zero attached hydrogens (tertiary/aromatic N) is 1. The summed E-state index contributed by atoms with van der Waals surface area (Å²) in [6, 6.07) is 14.7. The van der Waals surface area contributed by atoms with E-state index in [0.29, 0.717) is 17.0 Å². The molecule has 1 unspecified atom stereocenters. The highest BCUT2D eigenvalue weighted by Gasteiger charge is 2.47. The number of anilines is 1. The molecule has 1 heterocycles. The number of halogens is 2. The molecule has 0 saturated carbocycles. The molecule has 1 amide bonds. The highest BCUT2D eigenvalue weighted by atomic mass is 35.5. The van der Waals surface area contributed by atoms with Gasteiger partial charge in [0, 0.05) is 15.7 Å². The third-order valence-electron chi connectivity index (χ3n) is 5.39. The van der Waals surface area contributed by atoms with Crippen molar-refractivity contribution in [1.82, 2.24) is 0 Å². The summed E-state index contributed by atoms with van der Waals surface area (Å²) in [6.07, 6.45) is 0. The van der Waals surface area contributed by atoms with Crippen molar-refractivity contribution < 1.29 is 24.5 Å². The maximum Gasteiger partial charge on any atom is 0.300 e.